The standard InChI is InChI=1S/C19H26N4O2/c1-14(17-13-21-22-15(17)2)20-12-18(16-6-4-3-5-7-16)19(24)23-8-10-25-11-9-23/h3-7,13-14,18,20H,8-12H2,1-2H3,(H,21,22). The fourth-order valence-corrected chi connectivity index (χ4v) is 3.24. The number of amides is 1. The molecule has 6 heteroatoms. The first-order valence-corrected chi connectivity index (χ1v) is 8.81. The molecule has 2 heterocycles. The molecule has 1 aromatic carbocycles. The highest BCUT2D eigenvalue weighted by molar-refractivity contribution is 5.84. The summed E-state index contributed by atoms with van der Waals surface area (Å²) in [7, 11) is 0. The molecule has 1 fully saturated rings. The second kappa shape index (κ2) is 8.27. The number of rotatable bonds is 6. The summed E-state index contributed by atoms with van der Waals surface area (Å²) < 4.78 is 5.38. The highest BCUT2D eigenvalue weighted by Gasteiger charge is 2.27. The van der Waals surface area contributed by atoms with Crippen molar-refractivity contribution in [3.8, 4) is 0 Å². The SMILES string of the molecule is Cc1[nH]ncc1C(C)NCC(C(=O)N1CCOCC1)c1ccccc1. The highest BCUT2D eigenvalue weighted by atomic mass is 16.5. The number of aromatic amines is 1. The minimum Gasteiger partial charge on any atom is -0.378 e. The van der Waals surface area contributed by atoms with E-state index in [-0.39, 0.29) is 17.9 Å². The van der Waals surface area contributed by atoms with E-state index in [1.54, 1.807) is 0 Å². The first kappa shape index (κ1) is 17.6. The molecule has 6 nitrogen and oxygen atoms in total. The lowest BCUT2D eigenvalue weighted by Gasteiger charge is -2.31. The van der Waals surface area contributed by atoms with Gasteiger partial charge in [0.05, 0.1) is 25.3 Å². The summed E-state index contributed by atoms with van der Waals surface area (Å²) in [6, 6.07) is 10.1. The number of carbonyl (C=O) groups excluding carboxylic acids is 1. The second-order valence-electron chi connectivity index (χ2n) is 6.48. The molecule has 1 aromatic heterocycles. The van der Waals surface area contributed by atoms with Gasteiger partial charge < -0.3 is 15.0 Å². The molecule has 2 unspecified atom stereocenters. The van der Waals surface area contributed by atoms with E-state index in [4.69, 9.17) is 4.74 Å². The van der Waals surface area contributed by atoms with Crippen LogP contribution in [0.15, 0.2) is 36.5 Å². The van der Waals surface area contributed by atoms with Gasteiger partial charge in [-0.2, -0.15) is 5.10 Å². The van der Waals surface area contributed by atoms with E-state index in [2.05, 4.69) is 22.4 Å². The van der Waals surface area contributed by atoms with Gasteiger partial charge in [-0.05, 0) is 19.4 Å². The van der Waals surface area contributed by atoms with Gasteiger partial charge in [0.2, 0.25) is 5.91 Å². The Kier molecular flexibility index (Phi) is 5.83. The van der Waals surface area contributed by atoms with Gasteiger partial charge in [0.1, 0.15) is 0 Å². The van der Waals surface area contributed by atoms with Crippen LogP contribution in [-0.2, 0) is 9.53 Å². The number of nitrogens with zero attached hydrogens (tertiary/aromatic N) is 2. The summed E-state index contributed by atoms with van der Waals surface area (Å²) in [4.78, 5) is 15.0. The van der Waals surface area contributed by atoms with E-state index < -0.39 is 0 Å². The quantitative estimate of drug-likeness (QED) is 0.842. The van der Waals surface area contributed by atoms with E-state index in [9.17, 15) is 4.79 Å². The zero-order chi connectivity index (χ0) is 17.6. The molecule has 0 aliphatic carbocycles. The third-order valence-corrected chi connectivity index (χ3v) is 4.79. The molecule has 1 saturated heterocycles. The van der Waals surface area contributed by atoms with E-state index >= 15 is 0 Å². The van der Waals surface area contributed by atoms with Crippen molar-refractivity contribution >= 4 is 5.91 Å². The molecule has 25 heavy (non-hydrogen) atoms. The lowest BCUT2D eigenvalue weighted by molar-refractivity contribution is -0.136. The minimum atomic E-state index is -0.200. The van der Waals surface area contributed by atoms with Crippen molar-refractivity contribution < 1.29 is 9.53 Å². The molecule has 2 N–H and O–H groups in total. The molecule has 1 aliphatic rings. The maximum absolute atomic E-state index is 13.1. The van der Waals surface area contributed by atoms with Gasteiger partial charge in [0, 0.05) is 36.9 Å². The Morgan fingerprint density at radius 3 is 2.68 bits per heavy atom. The summed E-state index contributed by atoms with van der Waals surface area (Å²) in [6.45, 7) is 7.26. The first-order chi connectivity index (χ1) is 12.2. The molecule has 2 atom stereocenters. The molecule has 0 saturated carbocycles. The molecule has 1 amide bonds. The van der Waals surface area contributed by atoms with Crippen LogP contribution in [-0.4, -0.2) is 53.9 Å². The Hall–Kier alpha value is -2.18. The number of ether oxygens (including phenoxy) is 1. The molecule has 3 rings (SSSR count). The number of carbonyl (C=O) groups is 1. The largest absolute Gasteiger partial charge is 0.378 e. The van der Waals surface area contributed by atoms with Crippen molar-refractivity contribution in [1.82, 2.24) is 20.4 Å². The van der Waals surface area contributed by atoms with E-state index in [0.29, 0.717) is 32.8 Å². The Morgan fingerprint density at radius 1 is 1.32 bits per heavy atom. The van der Waals surface area contributed by atoms with Crippen LogP contribution in [0.4, 0.5) is 0 Å². The van der Waals surface area contributed by atoms with Crippen LogP contribution in [0.1, 0.15) is 35.7 Å². The Bertz CT molecular complexity index is 680. The zero-order valence-electron chi connectivity index (χ0n) is 14.9. The molecule has 1 aliphatic heterocycles. The van der Waals surface area contributed by atoms with Gasteiger partial charge >= 0.3 is 0 Å². The summed E-state index contributed by atoms with van der Waals surface area (Å²) >= 11 is 0. The number of hydrogen-bond donors (Lipinski definition) is 2. The Balaban J connectivity index is 1.72. The van der Waals surface area contributed by atoms with E-state index in [0.717, 1.165) is 16.8 Å². The monoisotopic (exact) mass is 342 g/mol. The zero-order valence-corrected chi connectivity index (χ0v) is 14.9. The molecule has 0 radical (unpaired) electrons. The number of morpholine rings is 1. The number of aryl methyl sites for hydroxylation is 1. The number of aromatic nitrogens is 2. The van der Waals surface area contributed by atoms with Crippen molar-refractivity contribution in [1.29, 1.82) is 0 Å². The average Bonchev–Trinajstić information content (AvgIpc) is 3.09. The van der Waals surface area contributed by atoms with Gasteiger partial charge in [0.15, 0.2) is 0 Å². The Labute approximate surface area is 148 Å². The summed E-state index contributed by atoms with van der Waals surface area (Å²) in [5.41, 5.74) is 3.23. The normalized spacial score (nSPS) is 17.3. The van der Waals surface area contributed by atoms with E-state index in [1.807, 2.05) is 48.4 Å². The van der Waals surface area contributed by atoms with Gasteiger partial charge in [0.25, 0.3) is 0 Å². The summed E-state index contributed by atoms with van der Waals surface area (Å²) in [5.74, 6) is -0.0351. The average molecular weight is 342 g/mol. The predicted molar refractivity (Wildman–Crippen MR) is 96.3 cm³/mol. The maximum Gasteiger partial charge on any atom is 0.231 e. The molecular weight excluding hydrogens is 316 g/mol. The second-order valence-corrected chi connectivity index (χ2v) is 6.48. The smallest absolute Gasteiger partial charge is 0.231 e. The number of H-pyrrole nitrogens is 1. The summed E-state index contributed by atoms with van der Waals surface area (Å²) in [6.07, 6.45) is 1.84. The first-order valence-electron chi connectivity index (χ1n) is 8.81. The van der Waals surface area contributed by atoms with Gasteiger partial charge in [-0.3, -0.25) is 9.89 Å². The number of benzene rings is 1. The third kappa shape index (κ3) is 4.27. The van der Waals surface area contributed by atoms with Crippen LogP contribution in [0.3, 0.4) is 0 Å². The van der Waals surface area contributed by atoms with E-state index in [1.165, 1.54) is 0 Å². The molecule has 0 bridgehead atoms. The number of hydrogen-bond acceptors (Lipinski definition) is 4. The summed E-state index contributed by atoms with van der Waals surface area (Å²) in [5, 5.41) is 10.6. The van der Waals surface area contributed by atoms with Gasteiger partial charge in [-0.25, -0.2) is 0 Å². The molecule has 2 aromatic rings. The van der Waals surface area contributed by atoms with Crippen molar-refractivity contribution in [2.75, 3.05) is 32.8 Å². The molecular formula is C19H26N4O2. The van der Waals surface area contributed by atoms with Crippen LogP contribution in [0.25, 0.3) is 0 Å². The van der Waals surface area contributed by atoms with Crippen molar-refractivity contribution in [3.05, 3.63) is 53.3 Å². The third-order valence-electron chi connectivity index (χ3n) is 4.79. The Morgan fingerprint density at radius 2 is 2.04 bits per heavy atom. The van der Waals surface area contributed by atoms with Crippen molar-refractivity contribution in [2.45, 2.75) is 25.8 Å². The topological polar surface area (TPSA) is 70.2 Å². The highest BCUT2D eigenvalue weighted by Crippen LogP contribution is 2.21. The lowest BCUT2D eigenvalue weighted by atomic mass is 9.96. The minimum absolute atomic E-state index is 0.127. The fourth-order valence-electron chi connectivity index (χ4n) is 3.24. The van der Waals surface area contributed by atoms with Gasteiger partial charge in [-0.1, -0.05) is 30.3 Å². The molecule has 134 valence electrons. The fraction of sp³-hybridized carbons (Fsp3) is 0.474. The van der Waals surface area contributed by atoms with Crippen molar-refractivity contribution in [3.63, 3.8) is 0 Å². The van der Waals surface area contributed by atoms with Crippen LogP contribution in [0.2, 0.25) is 0 Å². The molecule has 0 spiro atoms. The van der Waals surface area contributed by atoms with Crippen LogP contribution in [0.5, 0.6) is 0 Å². The van der Waals surface area contributed by atoms with Crippen LogP contribution >= 0.6 is 0 Å². The van der Waals surface area contributed by atoms with Crippen molar-refractivity contribution in [2.24, 2.45) is 0 Å². The van der Waals surface area contributed by atoms with Crippen LogP contribution < -0.4 is 5.32 Å². The number of nitrogens with one attached hydrogen (secondary N) is 2. The maximum atomic E-state index is 13.1. The predicted octanol–water partition coefficient (Wildman–Crippen LogP) is 2.01. The van der Waals surface area contributed by atoms with Gasteiger partial charge in [-0.15, -0.1) is 0 Å². The van der Waals surface area contributed by atoms with Crippen LogP contribution in [0, 0.1) is 6.92 Å². The lowest BCUT2D eigenvalue weighted by Crippen LogP contribution is -2.45.